The molecule has 0 aromatic heterocycles. The van der Waals surface area contributed by atoms with E-state index in [4.69, 9.17) is 4.74 Å². The zero-order valence-electron chi connectivity index (χ0n) is 15.6. The van der Waals surface area contributed by atoms with Crippen molar-refractivity contribution in [2.24, 2.45) is 0 Å². The van der Waals surface area contributed by atoms with Gasteiger partial charge in [0.2, 0.25) is 5.91 Å². The number of carbonyl (C=O) groups excluding carboxylic acids is 2. The van der Waals surface area contributed by atoms with Gasteiger partial charge in [-0.15, -0.1) is 0 Å². The maximum Gasteiger partial charge on any atom is 0.254 e. The van der Waals surface area contributed by atoms with Crippen LogP contribution in [0.15, 0.2) is 53.0 Å². The van der Waals surface area contributed by atoms with Gasteiger partial charge in [-0.3, -0.25) is 9.59 Å². The van der Waals surface area contributed by atoms with E-state index in [1.54, 1.807) is 24.3 Å². The van der Waals surface area contributed by atoms with Crippen LogP contribution in [0.2, 0.25) is 0 Å². The number of carbonyl (C=O) groups is 2. The average molecular weight is 447 g/mol. The predicted molar refractivity (Wildman–Crippen MR) is 109 cm³/mol. The zero-order valence-corrected chi connectivity index (χ0v) is 17.2. The molecule has 0 spiro atoms. The van der Waals surface area contributed by atoms with E-state index in [0.717, 1.165) is 10.0 Å². The highest BCUT2D eigenvalue weighted by Gasteiger charge is 2.39. The molecule has 28 heavy (non-hydrogen) atoms. The van der Waals surface area contributed by atoms with Gasteiger partial charge in [0.1, 0.15) is 11.8 Å². The number of nitrogens with zero attached hydrogens (tertiary/aromatic N) is 1. The number of aliphatic hydroxyl groups is 1. The van der Waals surface area contributed by atoms with Crippen LogP contribution in [-0.4, -0.2) is 47.1 Å². The molecule has 0 saturated carbocycles. The van der Waals surface area contributed by atoms with Crippen molar-refractivity contribution in [2.75, 3.05) is 13.2 Å². The summed E-state index contributed by atoms with van der Waals surface area (Å²) in [6.07, 6.45) is -0.495. The lowest BCUT2D eigenvalue weighted by atomic mass is 10.1. The van der Waals surface area contributed by atoms with Gasteiger partial charge in [-0.05, 0) is 42.8 Å². The molecule has 1 aliphatic heterocycles. The smallest absolute Gasteiger partial charge is 0.254 e. The van der Waals surface area contributed by atoms with Crippen molar-refractivity contribution in [3.8, 4) is 5.75 Å². The summed E-state index contributed by atoms with van der Waals surface area (Å²) in [6, 6.07) is 13.8. The number of halogens is 1. The third kappa shape index (κ3) is 4.91. The van der Waals surface area contributed by atoms with Crippen molar-refractivity contribution in [1.29, 1.82) is 0 Å². The molecule has 2 unspecified atom stereocenters. The Morgan fingerprint density at radius 3 is 2.71 bits per heavy atom. The minimum Gasteiger partial charge on any atom is -0.494 e. The van der Waals surface area contributed by atoms with Crippen LogP contribution in [0.5, 0.6) is 5.75 Å². The van der Waals surface area contributed by atoms with Crippen LogP contribution in [0.4, 0.5) is 0 Å². The van der Waals surface area contributed by atoms with E-state index >= 15 is 0 Å². The van der Waals surface area contributed by atoms with Gasteiger partial charge in [-0.25, -0.2) is 0 Å². The summed E-state index contributed by atoms with van der Waals surface area (Å²) < 4.78 is 6.41. The SMILES string of the molecule is CCOc1cccc(C(=O)N2CC(O)CC2C(=O)NCc2ccc(Br)cc2)c1. The highest BCUT2D eigenvalue weighted by molar-refractivity contribution is 9.10. The molecule has 148 valence electrons. The summed E-state index contributed by atoms with van der Waals surface area (Å²) in [5.41, 5.74) is 1.39. The third-order valence-electron chi connectivity index (χ3n) is 4.61. The summed E-state index contributed by atoms with van der Waals surface area (Å²) in [6.45, 7) is 2.87. The van der Waals surface area contributed by atoms with E-state index in [1.165, 1.54) is 4.90 Å². The van der Waals surface area contributed by atoms with Crippen LogP contribution in [0.1, 0.15) is 29.3 Å². The second-order valence-electron chi connectivity index (χ2n) is 6.67. The van der Waals surface area contributed by atoms with E-state index in [2.05, 4.69) is 21.2 Å². The molecule has 2 amide bonds. The number of likely N-dealkylation sites (tertiary alicyclic amines) is 1. The van der Waals surface area contributed by atoms with Crippen molar-refractivity contribution in [1.82, 2.24) is 10.2 Å². The molecule has 0 bridgehead atoms. The van der Waals surface area contributed by atoms with E-state index in [-0.39, 0.29) is 24.8 Å². The largest absolute Gasteiger partial charge is 0.494 e. The molecule has 0 aliphatic carbocycles. The van der Waals surface area contributed by atoms with Gasteiger partial charge in [0, 0.05) is 29.5 Å². The molecule has 2 atom stereocenters. The number of amides is 2. The molecular formula is C21H23BrN2O4. The molecule has 2 N–H and O–H groups in total. The number of β-amino-alcohol motifs (C(OH)–C–C–N with tert-alkyl or cyclic N) is 1. The molecule has 0 radical (unpaired) electrons. The van der Waals surface area contributed by atoms with Crippen LogP contribution < -0.4 is 10.1 Å². The molecule has 3 rings (SSSR count). The van der Waals surface area contributed by atoms with Crippen molar-refractivity contribution in [3.05, 3.63) is 64.1 Å². The Morgan fingerprint density at radius 2 is 2.00 bits per heavy atom. The number of hydrogen-bond acceptors (Lipinski definition) is 4. The first-order chi connectivity index (χ1) is 13.5. The van der Waals surface area contributed by atoms with Gasteiger partial charge < -0.3 is 20.1 Å². The monoisotopic (exact) mass is 446 g/mol. The molecule has 7 heteroatoms. The molecule has 2 aromatic carbocycles. The van der Waals surface area contributed by atoms with Gasteiger partial charge in [0.25, 0.3) is 5.91 Å². The summed E-state index contributed by atoms with van der Waals surface area (Å²) in [4.78, 5) is 27.1. The second-order valence-corrected chi connectivity index (χ2v) is 7.58. The highest BCUT2D eigenvalue weighted by atomic mass is 79.9. The summed E-state index contributed by atoms with van der Waals surface area (Å²) in [5, 5.41) is 12.9. The zero-order chi connectivity index (χ0) is 20.1. The maximum absolute atomic E-state index is 12.9. The quantitative estimate of drug-likeness (QED) is 0.714. The summed E-state index contributed by atoms with van der Waals surface area (Å²) in [7, 11) is 0. The van der Waals surface area contributed by atoms with Crippen LogP contribution in [-0.2, 0) is 11.3 Å². The Kier molecular flexibility index (Phi) is 6.70. The Bertz CT molecular complexity index is 841. The van der Waals surface area contributed by atoms with E-state index in [1.807, 2.05) is 31.2 Å². The molecule has 1 saturated heterocycles. The van der Waals surface area contributed by atoms with Crippen LogP contribution in [0.25, 0.3) is 0 Å². The van der Waals surface area contributed by atoms with Crippen LogP contribution >= 0.6 is 15.9 Å². The normalized spacial score (nSPS) is 18.8. The van der Waals surface area contributed by atoms with Gasteiger partial charge in [-0.1, -0.05) is 34.1 Å². The number of aliphatic hydroxyl groups excluding tert-OH is 1. The van der Waals surface area contributed by atoms with E-state index in [9.17, 15) is 14.7 Å². The van der Waals surface area contributed by atoms with E-state index in [0.29, 0.717) is 24.5 Å². The lowest BCUT2D eigenvalue weighted by Gasteiger charge is -2.24. The van der Waals surface area contributed by atoms with Crippen molar-refractivity contribution in [2.45, 2.75) is 32.0 Å². The van der Waals surface area contributed by atoms with Gasteiger partial charge in [0.05, 0.1) is 12.7 Å². The van der Waals surface area contributed by atoms with Gasteiger partial charge in [-0.2, -0.15) is 0 Å². The molecule has 1 fully saturated rings. The van der Waals surface area contributed by atoms with Crippen molar-refractivity contribution in [3.63, 3.8) is 0 Å². The first-order valence-corrected chi connectivity index (χ1v) is 10.0. The molecular weight excluding hydrogens is 424 g/mol. The van der Waals surface area contributed by atoms with Crippen molar-refractivity contribution >= 4 is 27.7 Å². The topological polar surface area (TPSA) is 78.9 Å². The number of benzene rings is 2. The minimum absolute atomic E-state index is 0.133. The van der Waals surface area contributed by atoms with Gasteiger partial charge in [0.15, 0.2) is 0 Å². The lowest BCUT2D eigenvalue weighted by molar-refractivity contribution is -0.125. The van der Waals surface area contributed by atoms with E-state index < -0.39 is 12.1 Å². The first kappa shape index (κ1) is 20.4. The Morgan fingerprint density at radius 1 is 1.25 bits per heavy atom. The lowest BCUT2D eigenvalue weighted by Crippen LogP contribution is -2.45. The molecule has 1 aliphatic rings. The Hall–Kier alpha value is -2.38. The Balaban J connectivity index is 1.69. The third-order valence-corrected chi connectivity index (χ3v) is 5.14. The predicted octanol–water partition coefficient (Wildman–Crippen LogP) is 2.74. The number of ether oxygens (including phenoxy) is 1. The fourth-order valence-corrected chi connectivity index (χ4v) is 3.51. The minimum atomic E-state index is -0.720. The first-order valence-electron chi connectivity index (χ1n) is 9.22. The molecule has 1 heterocycles. The van der Waals surface area contributed by atoms with Crippen LogP contribution in [0.3, 0.4) is 0 Å². The fourth-order valence-electron chi connectivity index (χ4n) is 3.25. The number of nitrogens with one attached hydrogen (secondary N) is 1. The fraction of sp³-hybridized carbons (Fsp3) is 0.333. The van der Waals surface area contributed by atoms with Crippen LogP contribution in [0, 0.1) is 0 Å². The average Bonchev–Trinajstić information content (AvgIpc) is 3.09. The van der Waals surface area contributed by atoms with Gasteiger partial charge >= 0.3 is 0 Å². The molecule has 2 aromatic rings. The number of rotatable bonds is 6. The molecule has 6 nitrogen and oxygen atoms in total. The summed E-state index contributed by atoms with van der Waals surface area (Å²) in [5.74, 6) is 0.0417. The second kappa shape index (κ2) is 9.21. The standard InChI is InChI=1S/C21H23BrN2O4/c1-2-28-18-5-3-4-15(10-18)21(27)24-13-17(25)11-19(24)20(26)23-12-14-6-8-16(22)9-7-14/h3-10,17,19,25H,2,11-13H2,1H3,(H,23,26). The van der Waals surface area contributed by atoms with Crippen molar-refractivity contribution < 1.29 is 19.4 Å². The Labute approximate surface area is 172 Å². The maximum atomic E-state index is 12.9. The summed E-state index contributed by atoms with van der Waals surface area (Å²) >= 11 is 3.38. The highest BCUT2D eigenvalue weighted by Crippen LogP contribution is 2.23. The number of hydrogen-bond donors (Lipinski definition) is 2.